The van der Waals surface area contributed by atoms with Crippen molar-refractivity contribution in [2.75, 3.05) is 18.5 Å². The summed E-state index contributed by atoms with van der Waals surface area (Å²) >= 11 is 0. The number of hydrogen-bond acceptors (Lipinski definition) is 4. The maximum atomic E-state index is 5.95. The van der Waals surface area contributed by atoms with Crippen LogP contribution < -0.4 is 19.5 Å². The molecule has 156 valence electrons. The summed E-state index contributed by atoms with van der Waals surface area (Å²) < 4.78 is 17.5. The Labute approximate surface area is 183 Å². The molecule has 4 aromatic rings. The van der Waals surface area contributed by atoms with Crippen LogP contribution in [-0.4, -0.2) is 13.2 Å². The van der Waals surface area contributed by atoms with Gasteiger partial charge in [0.2, 0.25) is 0 Å². The van der Waals surface area contributed by atoms with Gasteiger partial charge < -0.3 is 19.5 Å². The van der Waals surface area contributed by atoms with Crippen molar-refractivity contribution in [2.45, 2.75) is 6.54 Å². The third-order valence-electron chi connectivity index (χ3n) is 4.64. The lowest BCUT2D eigenvalue weighted by Gasteiger charge is -2.14. The van der Waals surface area contributed by atoms with Crippen LogP contribution in [-0.2, 0) is 6.54 Å². The second kappa shape index (κ2) is 10.7. The maximum Gasteiger partial charge on any atom is 0.127 e. The van der Waals surface area contributed by atoms with E-state index < -0.39 is 0 Å². The molecule has 1 N–H and O–H groups in total. The predicted octanol–water partition coefficient (Wildman–Crippen LogP) is 6.55. The van der Waals surface area contributed by atoms with Crippen LogP contribution in [0.25, 0.3) is 0 Å². The molecule has 0 aliphatic carbocycles. The minimum Gasteiger partial charge on any atom is -0.490 e. The first-order chi connectivity index (χ1) is 15.4. The molecule has 0 aliphatic rings. The molecule has 4 nitrogen and oxygen atoms in total. The Morgan fingerprint density at radius 1 is 0.516 bits per heavy atom. The third-order valence-corrected chi connectivity index (χ3v) is 4.64. The van der Waals surface area contributed by atoms with E-state index in [0.717, 1.165) is 34.2 Å². The molecule has 0 saturated heterocycles. The summed E-state index contributed by atoms with van der Waals surface area (Å²) in [5, 5.41) is 3.44. The van der Waals surface area contributed by atoms with Crippen LogP contribution in [0.5, 0.6) is 23.0 Å². The molecule has 0 fully saturated rings. The normalized spacial score (nSPS) is 10.3. The Morgan fingerprint density at radius 3 is 1.84 bits per heavy atom. The lowest BCUT2D eigenvalue weighted by atomic mass is 10.2. The van der Waals surface area contributed by atoms with E-state index in [1.165, 1.54) is 0 Å². The fraction of sp³-hybridized carbons (Fsp3) is 0.111. The topological polar surface area (TPSA) is 39.7 Å². The lowest BCUT2D eigenvalue weighted by Crippen LogP contribution is -2.10. The van der Waals surface area contributed by atoms with E-state index in [9.17, 15) is 0 Å². The molecule has 0 atom stereocenters. The number of nitrogens with one attached hydrogen (secondary N) is 1. The molecule has 0 saturated carbocycles. The first kappa shape index (κ1) is 20.4. The van der Waals surface area contributed by atoms with E-state index >= 15 is 0 Å². The zero-order valence-electron chi connectivity index (χ0n) is 17.2. The first-order valence-corrected chi connectivity index (χ1v) is 10.3. The molecule has 4 rings (SSSR count). The molecule has 0 radical (unpaired) electrons. The van der Waals surface area contributed by atoms with Gasteiger partial charge in [-0.1, -0.05) is 54.6 Å². The number of benzene rings is 4. The fourth-order valence-electron chi connectivity index (χ4n) is 3.08. The quantitative estimate of drug-likeness (QED) is 0.300. The van der Waals surface area contributed by atoms with Crippen LogP contribution in [0.2, 0.25) is 0 Å². The molecule has 4 aromatic carbocycles. The SMILES string of the molecule is c1ccc(OCCOc2ccccc2CNc2ccc(Oc3ccccc3)cc2)cc1. The van der Waals surface area contributed by atoms with Gasteiger partial charge in [-0.3, -0.25) is 0 Å². The second-order valence-corrected chi connectivity index (χ2v) is 6.91. The molecule has 0 aliphatic heterocycles. The maximum absolute atomic E-state index is 5.95. The van der Waals surface area contributed by atoms with Crippen molar-refractivity contribution in [2.24, 2.45) is 0 Å². The zero-order valence-corrected chi connectivity index (χ0v) is 17.2. The molecular formula is C27H25NO3. The minimum absolute atomic E-state index is 0.484. The van der Waals surface area contributed by atoms with Gasteiger partial charge in [-0.2, -0.15) is 0 Å². The Bertz CT molecular complexity index is 1050. The highest BCUT2D eigenvalue weighted by atomic mass is 16.5. The average Bonchev–Trinajstić information content (AvgIpc) is 2.83. The number of anilines is 1. The number of ether oxygens (including phenoxy) is 3. The Hall–Kier alpha value is -3.92. The molecule has 31 heavy (non-hydrogen) atoms. The smallest absolute Gasteiger partial charge is 0.127 e. The molecule has 4 heteroatoms. The lowest BCUT2D eigenvalue weighted by molar-refractivity contribution is 0.216. The van der Waals surface area contributed by atoms with Crippen molar-refractivity contribution in [3.8, 4) is 23.0 Å². The molecule has 0 aromatic heterocycles. The minimum atomic E-state index is 0.484. The van der Waals surface area contributed by atoms with Gasteiger partial charge in [0.05, 0.1) is 0 Å². The van der Waals surface area contributed by atoms with E-state index in [1.807, 2.05) is 103 Å². The summed E-state index contributed by atoms with van der Waals surface area (Å²) in [7, 11) is 0. The number of para-hydroxylation sites is 3. The molecule has 0 spiro atoms. The van der Waals surface area contributed by atoms with Gasteiger partial charge in [-0.05, 0) is 54.6 Å². The van der Waals surface area contributed by atoms with E-state index in [2.05, 4.69) is 11.4 Å². The summed E-state index contributed by atoms with van der Waals surface area (Å²) in [4.78, 5) is 0. The molecule has 0 unspecified atom stereocenters. The largest absolute Gasteiger partial charge is 0.490 e. The highest BCUT2D eigenvalue weighted by Crippen LogP contribution is 2.24. The van der Waals surface area contributed by atoms with Gasteiger partial charge in [0, 0.05) is 17.8 Å². The van der Waals surface area contributed by atoms with Crippen LogP contribution >= 0.6 is 0 Å². The number of hydrogen-bond donors (Lipinski definition) is 1. The van der Waals surface area contributed by atoms with Gasteiger partial charge in [0.1, 0.15) is 36.2 Å². The van der Waals surface area contributed by atoms with Gasteiger partial charge >= 0.3 is 0 Å². The molecule has 0 bridgehead atoms. The highest BCUT2D eigenvalue weighted by Gasteiger charge is 2.04. The van der Waals surface area contributed by atoms with Crippen LogP contribution in [0.4, 0.5) is 5.69 Å². The van der Waals surface area contributed by atoms with Crippen molar-refractivity contribution in [3.63, 3.8) is 0 Å². The molecular weight excluding hydrogens is 386 g/mol. The number of rotatable bonds is 10. The van der Waals surface area contributed by atoms with Gasteiger partial charge in [0.15, 0.2) is 0 Å². The monoisotopic (exact) mass is 411 g/mol. The zero-order chi connectivity index (χ0) is 21.1. The van der Waals surface area contributed by atoms with Crippen molar-refractivity contribution in [1.82, 2.24) is 0 Å². The van der Waals surface area contributed by atoms with Crippen LogP contribution in [0.1, 0.15) is 5.56 Å². The first-order valence-electron chi connectivity index (χ1n) is 10.3. The van der Waals surface area contributed by atoms with Crippen molar-refractivity contribution >= 4 is 5.69 Å². The van der Waals surface area contributed by atoms with E-state index in [1.54, 1.807) is 0 Å². The summed E-state index contributed by atoms with van der Waals surface area (Å²) in [5.74, 6) is 3.33. The van der Waals surface area contributed by atoms with Crippen LogP contribution in [0, 0.1) is 0 Å². The van der Waals surface area contributed by atoms with Crippen molar-refractivity contribution < 1.29 is 14.2 Å². The molecule has 0 heterocycles. The van der Waals surface area contributed by atoms with E-state index in [4.69, 9.17) is 14.2 Å². The highest BCUT2D eigenvalue weighted by molar-refractivity contribution is 5.48. The van der Waals surface area contributed by atoms with Gasteiger partial charge in [-0.15, -0.1) is 0 Å². The fourth-order valence-corrected chi connectivity index (χ4v) is 3.08. The summed E-state index contributed by atoms with van der Waals surface area (Å²) in [6, 6.07) is 35.5. The molecule has 0 amide bonds. The van der Waals surface area contributed by atoms with Gasteiger partial charge in [-0.25, -0.2) is 0 Å². The van der Waals surface area contributed by atoms with E-state index in [0.29, 0.717) is 19.8 Å². The summed E-state index contributed by atoms with van der Waals surface area (Å²) in [5.41, 5.74) is 2.11. The Morgan fingerprint density at radius 2 is 1.10 bits per heavy atom. The van der Waals surface area contributed by atoms with Crippen molar-refractivity contribution in [1.29, 1.82) is 0 Å². The van der Waals surface area contributed by atoms with Crippen molar-refractivity contribution in [3.05, 3.63) is 115 Å². The van der Waals surface area contributed by atoms with E-state index in [-0.39, 0.29) is 0 Å². The second-order valence-electron chi connectivity index (χ2n) is 6.91. The summed E-state index contributed by atoms with van der Waals surface area (Å²) in [6.45, 7) is 1.64. The van der Waals surface area contributed by atoms with Crippen LogP contribution in [0.3, 0.4) is 0 Å². The third kappa shape index (κ3) is 6.28. The average molecular weight is 412 g/mol. The van der Waals surface area contributed by atoms with Gasteiger partial charge in [0.25, 0.3) is 0 Å². The summed E-state index contributed by atoms with van der Waals surface area (Å²) in [6.07, 6.45) is 0. The Kier molecular flexibility index (Phi) is 7.05. The standard InChI is InChI=1S/C27H25NO3/c1-3-10-24(11-4-1)29-19-20-30-27-14-8-7-9-22(27)21-28-23-15-17-26(18-16-23)31-25-12-5-2-6-13-25/h1-18,28H,19-21H2. The predicted molar refractivity (Wildman–Crippen MR) is 124 cm³/mol. The Balaban J connectivity index is 1.27. The van der Waals surface area contributed by atoms with Crippen LogP contribution in [0.15, 0.2) is 109 Å².